The van der Waals surface area contributed by atoms with Gasteiger partial charge < -0.3 is 19.7 Å². The van der Waals surface area contributed by atoms with Gasteiger partial charge in [0.25, 0.3) is 0 Å². The summed E-state index contributed by atoms with van der Waals surface area (Å²) in [6.45, 7) is 2.20. The topological polar surface area (TPSA) is 93.1 Å². The highest BCUT2D eigenvalue weighted by atomic mass is 16.5. The molecule has 0 atom stereocenters. The zero-order valence-electron chi connectivity index (χ0n) is 15.8. The Morgan fingerprint density at radius 3 is 2.08 bits per heavy atom. The average Bonchev–Trinajstić information content (AvgIpc) is 2.63. The summed E-state index contributed by atoms with van der Waals surface area (Å²) in [5, 5.41) is 19.4. The van der Waals surface area contributed by atoms with E-state index in [1.165, 1.54) is 51.7 Å². The molecule has 2 N–H and O–H groups in total. The van der Waals surface area contributed by atoms with E-state index in [-0.39, 0.29) is 17.7 Å². The summed E-state index contributed by atoms with van der Waals surface area (Å²) in [5.74, 6) is -2.57. The van der Waals surface area contributed by atoms with Gasteiger partial charge in [0.1, 0.15) is 0 Å². The van der Waals surface area contributed by atoms with Gasteiger partial charge in [-0.15, -0.1) is 0 Å². The van der Waals surface area contributed by atoms with E-state index in [1.54, 1.807) is 0 Å². The normalized spacial score (nSPS) is 10.5. The maximum absolute atomic E-state index is 11.9. The van der Waals surface area contributed by atoms with Crippen molar-refractivity contribution >= 4 is 11.9 Å². The number of esters is 2. The first-order valence-corrected chi connectivity index (χ1v) is 9.34. The molecule has 0 spiro atoms. The lowest BCUT2D eigenvalue weighted by Crippen LogP contribution is -2.09. The smallest absolute Gasteiger partial charge is 0.338 e. The van der Waals surface area contributed by atoms with Crippen LogP contribution in [0.2, 0.25) is 0 Å². The number of methoxy groups -OCH3 is 1. The lowest BCUT2D eigenvalue weighted by atomic mass is 10.1. The van der Waals surface area contributed by atoms with Crippen LogP contribution in [0.4, 0.5) is 0 Å². The van der Waals surface area contributed by atoms with Crippen LogP contribution in [-0.2, 0) is 9.53 Å². The predicted molar refractivity (Wildman–Crippen MR) is 98.6 cm³/mol. The lowest BCUT2D eigenvalue weighted by molar-refractivity contribution is -0.134. The maximum Gasteiger partial charge on any atom is 0.338 e. The van der Waals surface area contributed by atoms with Crippen molar-refractivity contribution in [2.45, 2.75) is 71.1 Å². The number of unbranched alkanes of at least 4 members (excludes halogenated alkanes) is 8. The van der Waals surface area contributed by atoms with Crippen molar-refractivity contribution in [3.8, 4) is 17.2 Å². The molecule has 0 aromatic heterocycles. The highest BCUT2D eigenvalue weighted by Gasteiger charge is 2.17. The number of carbonyl (C=O) groups is 2. The first kappa shape index (κ1) is 21.8. The van der Waals surface area contributed by atoms with E-state index in [4.69, 9.17) is 4.74 Å². The molecule has 0 unspecified atom stereocenters. The maximum atomic E-state index is 11.9. The number of aromatic hydroxyl groups is 2. The van der Waals surface area contributed by atoms with Crippen LogP contribution in [0.25, 0.3) is 0 Å². The molecule has 0 aliphatic heterocycles. The van der Waals surface area contributed by atoms with Crippen molar-refractivity contribution in [3.05, 3.63) is 17.7 Å². The Morgan fingerprint density at radius 2 is 1.50 bits per heavy atom. The Morgan fingerprint density at radius 1 is 0.923 bits per heavy atom. The van der Waals surface area contributed by atoms with Gasteiger partial charge in [0.15, 0.2) is 11.5 Å². The number of rotatable bonds is 12. The van der Waals surface area contributed by atoms with Crippen LogP contribution in [0.1, 0.15) is 81.5 Å². The molecule has 0 saturated carbocycles. The zero-order valence-corrected chi connectivity index (χ0v) is 15.8. The van der Waals surface area contributed by atoms with Crippen LogP contribution in [0.15, 0.2) is 12.1 Å². The molecule has 0 heterocycles. The summed E-state index contributed by atoms with van der Waals surface area (Å²) in [6.07, 6.45) is 10.5. The molecular weight excluding hydrogens is 336 g/mol. The van der Waals surface area contributed by atoms with Crippen molar-refractivity contribution in [1.82, 2.24) is 0 Å². The average molecular weight is 366 g/mol. The second kappa shape index (κ2) is 12.2. The summed E-state index contributed by atoms with van der Waals surface area (Å²) in [6, 6.07) is 2.23. The Kier molecular flexibility index (Phi) is 10.2. The lowest BCUT2D eigenvalue weighted by Gasteiger charge is -2.09. The number of hydrogen-bond donors (Lipinski definition) is 2. The van der Waals surface area contributed by atoms with Crippen molar-refractivity contribution < 1.29 is 29.3 Å². The van der Waals surface area contributed by atoms with E-state index in [1.807, 2.05) is 0 Å². The molecular formula is C20H30O6. The molecule has 0 radical (unpaired) electrons. The van der Waals surface area contributed by atoms with Gasteiger partial charge in [-0.05, 0) is 18.6 Å². The molecule has 1 aromatic rings. The minimum absolute atomic E-state index is 0.00586. The van der Waals surface area contributed by atoms with E-state index in [9.17, 15) is 19.8 Å². The number of hydrogen-bond acceptors (Lipinski definition) is 6. The van der Waals surface area contributed by atoms with E-state index >= 15 is 0 Å². The minimum Gasteiger partial charge on any atom is -0.504 e. The van der Waals surface area contributed by atoms with Gasteiger partial charge in [-0.3, -0.25) is 4.79 Å². The summed E-state index contributed by atoms with van der Waals surface area (Å²) in [4.78, 5) is 23.4. The first-order valence-electron chi connectivity index (χ1n) is 9.34. The molecule has 0 saturated heterocycles. The third kappa shape index (κ3) is 7.76. The summed E-state index contributed by atoms with van der Waals surface area (Å²) < 4.78 is 9.63. The van der Waals surface area contributed by atoms with Crippen molar-refractivity contribution in [2.75, 3.05) is 7.11 Å². The van der Waals surface area contributed by atoms with Gasteiger partial charge in [-0.1, -0.05) is 58.3 Å². The monoisotopic (exact) mass is 366 g/mol. The van der Waals surface area contributed by atoms with Crippen LogP contribution in [0.5, 0.6) is 17.2 Å². The number of ether oxygens (including phenoxy) is 2. The van der Waals surface area contributed by atoms with Gasteiger partial charge >= 0.3 is 11.9 Å². The molecule has 6 heteroatoms. The second-order valence-electron chi connectivity index (χ2n) is 6.39. The Bertz CT molecular complexity index is 582. The van der Waals surface area contributed by atoms with E-state index in [2.05, 4.69) is 11.7 Å². The van der Waals surface area contributed by atoms with Gasteiger partial charge in [-0.2, -0.15) is 0 Å². The van der Waals surface area contributed by atoms with Crippen LogP contribution in [-0.4, -0.2) is 29.3 Å². The highest BCUT2D eigenvalue weighted by molar-refractivity contribution is 5.91. The van der Waals surface area contributed by atoms with E-state index in [0.29, 0.717) is 6.42 Å². The number of benzene rings is 1. The zero-order chi connectivity index (χ0) is 19.4. The molecule has 1 rings (SSSR count). The van der Waals surface area contributed by atoms with Crippen molar-refractivity contribution in [2.24, 2.45) is 0 Å². The van der Waals surface area contributed by atoms with Crippen LogP contribution in [0, 0.1) is 0 Å². The number of carbonyl (C=O) groups excluding carboxylic acids is 2. The third-order valence-electron chi connectivity index (χ3n) is 4.18. The highest BCUT2D eigenvalue weighted by Crippen LogP contribution is 2.37. The van der Waals surface area contributed by atoms with E-state index < -0.39 is 23.4 Å². The van der Waals surface area contributed by atoms with Crippen molar-refractivity contribution in [1.29, 1.82) is 0 Å². The Labute approximate surface area is 155 Å². The molecule has 1 aromatic carbocycles. The first-order chi connectivity index (χ1) is 12.5. The minimum atomic E-state index is -0.698. The van der Waals surface area contributed by atoms with Crippen molar-refractivity contribution in [3.63, 3.8) is 0 Å². The molecule has 26 heavy (non-hydrogen) atoms. The molecule has 146 valence electrons. The second-order valence-corrected chi connectivity index (χ2v) is 6.39. The molecule has 6 nitrogen and oxygen atoms in total. The summed E-state index contributed by atoms with van der Waals surface area (Å²) in [5.41, 5.74) is -0.00586. The fourth-order valence-corrected chi connectivity index (χ4v) is 2.66. The summed E-state index contributed by atoms with van der Waals surface area (Å²) in [7, 11) is 1.20. The SMILES string of the molecule is CCCCCCCCCCCC(=O)Oc1cc(C(=O)OC)cc(O)c1O. The fraction of sp³-hybridized carbons (Fsp3) is 0.600. The molecule has 0 aliphatic carbocycles. The third-order valence-corrected chi connectivity index (χ3v) is 4.18. The van der Waals surface area contributed by atoms with Gasteiger partial charge in [0.2, 0.25) is 5.75 Å². The molecule has 0 aliphatic rings. The van der Waals surface area contributed by atoms with Gasteiger partial charge in [0, 0.05) is 6.42 Å². The van der Waals surface area contributed by atoms with Crippen LogP contribution < -0.4 is 4.74 Å². The molecule has 0 amide bonds. The number of phenols is 2. The van der Waals surface area contributed by atoms with Crippen LogP contribution in [0.3, 0.4) is 0 Å². The summed E-state index contributed by atoms with van der Waals surface area (Å²) >= 11 is 0. The van der Waals surface area contributed by atoms with Gasteiger partial charge in [-0.25, -0.2) is 4.79 Å². The van der Waals surface area contributed by atoms with E-state index in [0.717, 1.165) is 18.9 Å². The predicted octanol–water partition coefficient (Wildman–Crippen LogP) is 4.71. The fourth-order valence-electron chi connectivity index (χ4n) is 2.66. The number of phenolic OH excluding ortho intramolecular Hbond substituents is 2. The largest absolute Gasteiger partial charge is 0.504 e. The quantitative estimate of drug-likeness (QED) is 0.241. The van der Waals surface area contributed by atoms with Crippen LogP contribution >= 0.6 is 0 Å². The molecule has 0 fully saturated rings. The molecule has 0 bridgehead atoms. The van der Waals surface area contributed by atoms with Gasteiger partial charge in [0.05, 0.1) is 12.7 Å². The Balaban J connectivity index is 2.35. The Hall–Kier alpha value is -2.24. The standard InChI is InChI=1S/C20H30O6/c1-3-4-5-6-7-8-9-10-11-12-18(22)26-17-14-15(20(24)25-2)13-16(21)19(17)23/h13-14,21,23H,3-12H2,1-2H3.